The van der Waals surface area contributed by atoms with Crippen LogP contribution in [0.4, 0.5) is 0 Å². The summed E-state index contributed by atoms with van der Waals surface area (Å²) in [7, 11) is -4.67. The fraction of sp³-hybridized carbons (Fsp3) is 0. The van der Waals surface area contributed by atoms with Crippen molar-refractivity contribution < 1.29 is 17.5 Å². The Labute approximate surface area is 79.3 Å². The van der Waals surface area contributed by atoms with Gasteiger partial charge in [-0.2, -0.15) is 23.8 Å². The van der Waals surface area contributed by atoms with E-state index in [4.69, 9.17) is 17.5 Å². The number of aromatic nitrogens is 3. The van der Waals surface area contributed by atoms with Crippen molar-refractivity contribution in [1.82, 2.24) is 15.4 Å². The van der Waals surface area contributed by atoms with E-state index in [1.54, 1.807) is 0 Å². The monoisotopic (exact) mass is 217 g/mol. The van der Waals surface area contributed by atoms with E-state index in [9.17, 15) is 0 Å². The standard InChI is InChI=1S/C6H5N3.H2O4S/c1-2-4-6-5(3-1)7-9-8-6;1-5(2,3)4/h1-4H,(H,7,8,9);(H2,1,2,3,4). The molecule has 0 bridgehead atoms. The van der Waals surface area contributed by atoms with Crippen LogP contribution in [-0.4, -0.2) is 32.9 Å². The van der Waals surface area contributed by atoms with Gasteiger partial charge in [0.05, 0.1) is 0 Å². The van der Waals surface area contributed by atoms with E-state index >= 15 is 0 Å². The summed E-state index contributed by atoms with van der Waals surface area (Å²) >= 11 is 0. The number of benzene rings is 1. The molecule has 0 fully saturated rings. The fourth-order valence-corrected chi connectivity index (χ4v) is 0.786. The highest BCUT2D eigenvalue weighted by atomic mass is 32.3. The van der Waals surface area contributed by atoms with Crippen LogP contribution in [0.15, 0.2) is 24.3 Å². The third-order valence-electron chi connectivity index (χ3n) is 1.22. The molecule has 0 aliphatic carbocycles. The molecule has 0 aliphatic heterocycles. The summed E-state index contributed by atoms with van der Waals surface area (Å²) in [5.74, 6) is 0. The molecule has 0 saturated carbocycles. The lowest BCUT2D eigenvalue weighted by Gasteiger charge is -1.78. The first-order valence-electron chi connectivity index (χ1n) is 3.42. The number of para-hydroxylation sites is 2. The summed E-state index contributed by atoms with van der Waals surface area (Å²) in [5, 5.41) is 10.3. The molecule has 0 unspecified atom stereocenters. The van der Waals surface area contributed by atoms with Crippen molar-refractivity contribution in [3.63, 3.8) is 0 Å². The summed E-state index contributed by atoms with van der Waals surface area (Å²) in [6.07, 6.45) is 0. The Morgan fingerprint density at radius 3 is 1.79 bits per heavy atom. The second-order valence-electron chi connectivity index (χ2n) is 2.26. The van der Waals surface area contributed by atoms with Crippen molar-refractivity contribution in [1.29, 1.82) is 0 Å². The van der Waals surface area contributed by atoms with E-state index in [-0.39, 0.29) is 0 Å². The van der Waals surface area contributed by atoms with Crippen LogP contribution in [0.1, 0.15) is 0 Å². The van der Waals surface area contributed by atoms with Crippen LogP contribution >= 0.6 is 0 Å². The van der Waals surface area contributed by atoms with E-state index in [2.05, 4.69) is 15.4 Å². The number of fused-ring (bicyclic) bond motifs is 1. The Bertz CT molecular complexity index is 468. The summed E-state index contributed by atoms with van der Waals surface area (Å²) in [4.78, 5) is 0. The number of H-pyrrole nitrogens is 1. The highest BCUT2D eigenvalue weighted by molar-refractivity contribution is 7.79. The van der Waals surface area contributed by atoms with Crippen LogP contribution in [0, 0.1) is 0 Å². The maximum Gasteiger partial charge on any atom is 0.394 e. The van der Waals surface area contributed by atoms with Crippen LogP contribution in [-0.2, 0) is 10.4 Å². The van der Waals surface area contributed by atoms with Crippen molar-refractivity contribution in [2.75, 3.05) is 0 Å². The normalized spacial score (nSPS) is 10.7. The molecule has 0 amide bonds. The SMILES string of the molecule is O=S(=O)(O)O.c1ccc2n[nH]nc2c1. The van der Waals surface area contributed by atoms with Crippen molar-refractivity contribution in [3.05, 3.63) is 24.3 Å². The predicted octanol–water partition coefficient (Wildman–Crippen LogP) is 0.305. The highest BCUT2D eigenvalue weighted by Gasteiger charge is 1.90. The Morgan fingerprint density at radius 2 is 1.43 bits per heavy atom. The molecule has 2 rings (SSSR count). The van der Waals surface area contributed by atoms with Gasteiger partial charge in [0.25, 0.3) is 0 Å². The lowest BCUT2D eigenvalue weighted by Crippen LogP contribution is -1.89. The number of rotatable bonds is 0. The van der Waals surface area contributed by atoms with Crippen molar-refractivity contribution >= 4 is 21.4 Å². The molecule has 0 saturated heterocycles. The topological polar surface area (TPSA) is 116 Å². The smallest absolute Gasteiger partial charge is 0.264 e. The maximum atomic E-state index is 8.74. The van der Waals surface area contributed by atoms with Gasteiger partial charge in [-0.3, -0.25) is 9.11 Å². The van der Waals surface area contributed by atoms with Gasteiger partial charge in [-0.1, -0.05) is 12.1 Å². The Hall–Kier alpha value is -1.51. The molecule has 1 aromatic carbocycles. The molecule has 14 heavy (non-hydrogen) atoms. The van der Waals surface area contributed by atoms with E-state index in [1.807, 2.05) is 24.3 Å². The Morgan fingerprint density at radius 1 is 1.07 bits per heavy atom. The zero-order valence-corrected chi connectivity index (χ0v) is 7.64. The summed E-state index contributed by atoms with van der Waals surface area (Å²) < 4.78 is 31.6. The van der Waals surface area contributed by atoms with Crippen molar-refractivity contribution in [2.24, 2.45) is 0 Å². The number of aromatic amines is 1. The van der Waals surface area contributed by atoms with E-state index < -0.39 is 10.4 Å². The molecule has 0 spiro atoms. The average molecular weight is 217 g/mol. The van der Waals surface area contributed by atoms with Crippen molar-refractivity contribution in [3.8, 4) is 0 Å². The summed E-state index contributed by atoms with van der Waals surface area (Å²) in [5.41, 5.74) is 1.83. The largest absolute Gasteiger partial charge is 0.394 e. The summed E-state index contributed by atoms with van der Waals surface area (Å²) in [6.45, 7) is 0. The fourth-order valence-electron chi connectivity index (χ4n) is 0.786. The molecule has 1 aromatic heterocycles. The predicted molar refractivity (Wildman–Crippen MR) is 48.1 cm³/mol. The molecule has 8 heteroatoms. The van der Waals surface area contributed by atoms with Gasteiger partial charge in [0.15, 0.2) is 0 Å². The molecular formula is C6H7N3O4S. The minimum absolute atomic E-state index is 0.914. The number of hydrogen-bond acceptors (Lipinski definition) is 4. The first kappa shape index (κ1) is 10.6. The quantitative estimate of drug-likeness (QED) is 0.546. The molecule has 3 N–H and O–H groups in total. The molecule has 1 heterocycles. The molecule has 0 atom stereocenters. The van der Waals surface area contributed by atoms with Crippen molar-refractivity contribution in [2.45, 2.75) is 0 Å². The zero-order chi connectivity index (χ0) is 10.6. The number of nitrogens with zero attached hydrogens (tertiary/aromatic N) is 2. The van der Waals surface area contributed by atoms with Gasteiger partial charge >= 0.3 is 10.4 Å². The van der Waals surface area contributed by atoms with Crippen LogP contribution in [0.5, 0.6) is 0 Å². The first-order chi connectivity index (χ1) is 6.47. The Kier molecular flexibility index (Phi) is 3.12. The number of hydrogen-bond donors (Lipinski definition) is 3. The van der Waals surface area contributed by atoms with E-state index in [1.165, 1.54) is 0 Å². The lowest BCUT2D eigenvalue weighted by atomic mass is 10.3. The van der Waals surface area contributed by atoms with Crippen LogP contribution in [0.25, 0.3) is 11.0 Å². The zero-order valence-electron chi connectivity index (χ0n) is 6.82. The number of nitrogens with one attached hydrogen (secondary N) is 1. The molecule has 7 nitrogen and oxygen atoms in total. The van der Waals surface area contributed by atoms with Crippen LogP contribution in [0.2, 0.25) is 0 Å². The lowest BCUT2D eigenvalue weighted by molar-refractivity contribution is 0.381. The maximum absolute atomic E-state index is 8.74. The molecule has 2 aromatic rings. The van der Waals surface area contributed by atoms with E-state index in [0.717, 1.165) is 11.0 Å². The third-order valence-corrected chi connectivity index (χ3v) is 1.22. The molecule has 76 valence electrons. The van der Waals surface area contributed by atoms with Gasteiger partial charge in [-0.25, -0.2) is 0 Å². The third kappa shape index (κ3) is 3.94. The molecular weight excluding hydrogens is 210 g/mol. The van der Waals surface area contributed by atoms with Gasteiger partial charge in [0.2, 0.25) is 0 Å². The van der Waals surface area contributed by atoms with Gasteiger partial charge in [0.1, 0.15) is 11.0 Å². The van der Waals surface area contributed by atoms with Gasteiger partial charge in [-0.05, 0) is 12.1 Å². The first-order valence-corrected chi connectivity index (χ1v) is 4.82. The second-order valence-corrected chi connectivity index (χ2v) is 3.16. The van der Waals surface area contributed by atoms with Gasteiger partial charge in [0, 0.05) is 0 Å². The van der Waals surface area contributed by atoms with Crippen LogP contribution in [0.3, 0.4) is 0 Å². The summed E-state index contributed by atoms with van der Waals surface area (Å²) in [6, 6.07) is 7.70. The molecule has 0 radical (unpaired) electrons. The van der Waals surface area contributed by atoms with Gasteiger partial charge < -0.3 is 0 Å². The average Bonchev–Trinajstić information content (AvgIpc) is 2.47. The van der Waals surface area contributed by atoms with Crippen LogP contribution < -0.4 is 0 Å². The molecule has 0 aliphatic rings. The second kappa shape index (κ2) is 4.13. The minimum Gasteiger partial charge on any atom is -0.264 e. The van der Waals surface area contributed by atoms with E-state index in [0.29, 0.717) is 0 Å². The van der Waals surface area contributed by atoms with Gasteiger partial charge in [-0.15, -0.1) is 0 Å². The highest BCUT2D eigenvalue weighted by Crippen LogP contribution is 2.03. The minimum atomic E-state index is -4.67. The Balaban J connectivity index is 0.000000171.